The van der Waals surface area contributed by atoms with E-state index in [1.54, 1.807) is 6.07 Å². The van der Waals surface area contributed by atoms with E-state index in [0.717, 1.165) is 105 Å². The molecule has 5 nitrogen and oxygen atoms in total. The Hall–Kier alpha value is -9.73. The van der Waals surface area contributed by atoms with Gasteiger partial charge in [-0.05, 0) is 129 Å². The quantitative estimate of drug-likeness (QED) is 0.160. The smallest absolute Gasteiger partial charge is 0.0993 e. The molecule has 0 saturated carbocycles. The van der Waals surface area contributed by atoms with Crippen molar-refractivity contribution in [2.45, 2.75) is 0 Å². The van der Waals surface area contributed by atoms with E-state index in [1.165, 1.54) is 0 Å². The molecule has 0 N–H and O–H groups in total. The first-order valence-corrected chi connectivity index (χ1v) is 22.5. The van der Waals surface area contributed by atoms with Crippen molar-refractivity contribution in [1.82, 2.24) is 9.13 Å². The van der Waals surface area contributed by atoms with Crippen LogP contribution in [0.5, 0.6) is 0 Å². The van der Waals surface area contributed by atoms with Gasteiger partial charge in [0.25, 0.3) is 0 Å². The van der Waals surface area contributed by atoms with Crippen molar-refractivity contribution in [3.05, 3.63) is 241 Å². The molecule has 0 fully saturated rings. The van der Waals surface area contributed by atoms with Crippen LogP contribution in [0.2, 0.25) is 0 Å². The van der Waals surface area contributed by atoms with Gasteiger partial charge in [-0.1, -0.05) is 146 Å². The molecule has 0 bridgehead atoms. The van der Waals surface area contributed by atoms with Crippen LogP contribution in [0.3, 0.4) is 0 Å². The van der Waals surface area contributed by atoms with Gasteiger partial charge in [0.2, 0.25) is 0 Å². The molecule has 12 aromatic rings. The normalized spacial score (nSPS) is 11.2. The van der Waals surface area contributed by atoms with Gasteiger partial charge in [-0.3, -0.25) is 0 Å². The highest BCUT2D eigenvalue weighted by Gasteiger charge is 2.25. The van der Waals surface area contributed by atoms with E-state index in [0.29, 0.717) is 22.3 Å². The number of nitrogens with zero attached hydrogens (tertiary/aromatic N) is 5. The maximum Gasteiger partial charge on any atom is 0.0993 e. The first-order valence-electron chi connectivity index (χ1n) is 22.5. The second kappa shape index (κ2) is 16.4. The Balaban J connectivity index is 1.22. The Morgan fingerprint density at radius 3 is 0.809 bits per heavy atom. The molecule has 5 heteroatoms. The minimum atomic E-state index is 0.366. The summed E-state index contributed by atoms with van der Waals surface area (Å²) in [4.78, 5) is 0. The third-order valence-corrected chi connectivity index (χ3v) is 13.1. The van der Waals surface area contributed by atoms with E-state index >= 15 is 0 Å². The molecule has 0 amide bonds. The topological polar surface area (TPSA) is 81.2 Å². The molecule has 0 aliphatic rings. The molecule has 0 aliphatic carbocycles. The molecule has 2 aromatic heterocycles. The summed E-state index contributed by atoms with van der Waals surface area (Å²) in [7, 11) is 0. The third kappa shape index (κ3) is 6.69. The summed E-state index contributed by atoms with van der Waals surface area (Å²) in [6.07, 6.45) is 0. The lowest BCUT2D eigenvalue weighted by Crippen LogP contribution is -2.05. The van der Waals surface area contributed by atoms with Crippen LogP contribution in [-0.2, 0) is 0 Å². The van der Waals surface area contributed by atoms with E-state index in [-0.39, 0.29) is 0 Å². The van der Waals surface area contributed by atoms with E-state index in [1.807, 2.05) is 48.5 Å². The third-order valence-electron chi connectivity index (χ3n) is 13.1. The van der Waals surface area contributed by atoms with Gasteiger partial charge in [-0.25, -0.2) is 0 Å². The number of fused-ring (bicyclic) bond motifs is 6. The van der Waals surface area contributed by atoms with Crippen LogP contribution in [0.1, 0.15) is 16.7 Å². The summed E-state index contributed by atoms with van der Waals surface area (Å²) in [6.45, 7) is 0. The molecule has 2 heterocycles. The molecule has 0 atom stereocenters. The Morgan fingerprint density at radius 2 is 0.529 bits per heavy atom. The SMILES string of the molecule is N#Cc1cc(C#N)cc(-c2c(-n3c4ccc(-c5ccccc5)cc4c4cc(-c5ccccc5)ccc43)cc(C#N)cc2-n2c3ccc(-c4ccccc4)cc3c3cc(-c4ccccc4)ccc32)c1. The van der Waals surface area contributed by atoms with Crippen molar-refractivity contribution in [3.8, 4) is 85.2 Å². The number of aromatic nitrogens is 2. The summed E-state index contributed by atoms with van der Waals surface area (Å²) < 4.78 is 4.52. The van der Waals surface area contributed by atoms with Crippen LogP contribution < -0.4 is 0 Å². The maximum atomic E-state index is 11.1. The van der Waals surface area contributed by atoms with Gasteiger partial charge in [-0.15, -0.1) is 0 Å². The number of benzene rings is 10. The van der Waals surface area contributed by atoms with Crippen LogP contribution in [0.25, 0.3) is 111 Å². The molecule has 0 spiro atoms. The molecule has 12 rings (SSSR count). The summed E-state index contributed by atoms with van der Waals surface area (Å²) in [5.74, 6) is 0. The molecule has 10 aromatic carbocycles. The zero-order valence-electron chi connectivity index (χ0n) is 36.6. The average Bonchev–Trinajstić information content (AvgIpc) is 3.92. The van der Waals surface area contributed by atoms with Crippen molar-refractivity contribution in [3.63, 3.8) is 0 Å². The zero-order chi connectivity index (χ0) is 45.7. The summed E-state index contributed by atoms with van der Waals surface area (Å²) in [5, 5.41) is 36.2. The summed E-state index contributed by atoms with van der Waals surface area (Å²) >= 11 is 0. The van der Waals surface area contributed by atoms with Crippen LogP contribution in [0.4, 0.5) is 0 Å². The molecule has 0 unspecified atom stereocenters. The number of rotatable bonds is 7. The van der Waals surface area contributed by atoms with Gasteiger partial charge in [0.1, 0.15) is 0 Å². The van der Waals surface area contributed by atoms with Crippen molar-refractivity contribution < 1.29 is 0 Å². The second-order valence-corrected chi connectivity index (χ2v) is 17.1. The maximum absolute atomic E-state index is 11.1. The lowest BCUT2D eigenvalue weighted by Gasteiger charge is -2.21. The lowest BCUT2D eigenvalue weighted by atomic mass is 9.95. The first-order chi connectivity index (χ1) is 33.6. The number of hydrogen-bond donors (Lipinski definition) is 0. The molecule has 0 radical (unpaired) electrons. The van der Waals surface area contributed by atoms with Crippen LogP contribution in [0, 0.1) is 34.0 Å². The number of nitriles is 3. The highest BCUT2D eigenvalue weighted by Crippen LogP contribution is 2.45. The molecular weight excluding hydrogens is 827 g/mol. The summed E-state index contributed by atoms with van der Waals surface area (Å²) in [5.41, 5.74) is 16.7. The van der Waals surface area contributed by atoms with Crippen LogP contribution in [0.15, 0.2) is 224 Å². The van der Waals surface area contributed by atoms with E-state index in [2.05, 4.69) is 197 Å². The Bertz CT molecular complexity index is 3640. The minimum Gasteiger partial charge on any atom is -0.308 e. The van der Waals surface area contributed by atoms with Crippen molar-refractivity contribution >= 4 is 43.6 Å². The molecule has 314 valence electrons. The van der Waals surface area contributed by atoms with Gasteiger partial charge in [-0.2, -0.15) is 15.8 Å². The van der Waals surface area contributed by atoms with E-state index < -0.39 is 0 Å². The molecule has 0 aliphatic heterocycles. The summed E-state index contributed by atoms with van der Waals surface area (Å²) in [6, 6.07) is 84.4. The van der Waals surface area contributed by atoms with Gasteiger partial charge in [0, 0.05) is 27.1 Å². The monoisotopic (exact) mass is 863 g/mol. The number of hydrogen-bond acceptors (Lipinski definition) is 3. The molecule has 0 saturated heterocycles. The minimum absolute atomic E-state index is 0.366. The van der Waals surface area contributed by atoms with Gasteiger partial charge in [0.05, 0.1) is 68.3 Å². The average molecular weight is 864 g/mol. The molecule has 68 heavy (non-hydrogen) atoms. The Kier molecular flexibility index (Phi) is 9.58. The fourth-order valence-electron chi connectivity index (χ4n) is 10.0. The van der Waals surface area contributed by atoms with E-state index in [4.69, 9.17) is 0 Å². The Labute approximate surface area is 393 Å². The highest BCUT2D eigenvalue weighted by atomic mass is 15.0. The van der Waals surface area contributed by atoms with Gasteiger partial charge >= 0.3 is 0 Å². The largest absolute Gasteiger partial charge is 0.308 e. The second-order valence-electron chi connectivity index (χ2n) is 17.1. The highest BCUT2D eigenvalue weighted by molar-refractivity contribution is 6.14. The predicted molar refractivity (Wildman–Crippen MR) is 276 cm³/mol. The molecular formula is C63H37N5. The van der Waals surface area contributed by atoms with Gasteiger partial charge in [0.15, 0.2) is 0 Å². The van der Waals surface area contributed by atoms with Gasteiger partial charge < -0.3 is 9.13 Å². The Morgan fingerprint density at radius 1 is 0.250 bits per heavy atom. The van der Waals surface area contributed by atoms with Crippen LogP contribution in [-0.4, -0.2) is 9.13 Å². The lowest BCUT2D eigenvalue weighted by molar-refractivity contribution is 1.13. The van der Waals surface area contributed by atoms with Crippen molar-refractivity contribution in [2.75, 3.05) is 0 Å². The van der Waals surface area contributed by atoms with Crippen molar-refractivity contribution in [1.29, 1.82) is 15.8 Å². The van der Waals surface area contributed by atoms with Crippen molar-refractivity contribution in [2.24, 2.45) is 0 Å². The zero-order valence-corrected chi connectivity index (χ0v) is 36.6. The standard InChI is InChI=1S/C63H37N5/c64-38-41-29-42(39-65)31-52(30-41)63-61(67-57-25-21-48(44-13-5-1-6-14-44)34-53(57)54-35-49(22-26-58(54)67)45-15-7-2-8-16-45)32-43(40-66)33-62(63)68-59-27-23-50(46-17-9-3-10-18-46)36-55(59)56-37-51(24-28-60(56)68)47-19-11-4-12-20-47/h1-37H. The van der Waals surface area contributed by atoms with E-state index in [9.17, 15) is 15.8 Å². The fourth-order valence-corrected chi connectivity index (χ4v) is 10.0. The fraction of sp³-hybridized carbons (Fsp3) is 0. The van der Waals surface area contributed by atoms with Crippen LogP contribution >= 0.6 is 0 Å². The predicted octanol–water partition coefficient (Wildman–Crippen LogP) is 15.8. The first kappa shape index (κ1) is 39.8.